The van der Waals surface area contributed by atoms with Gasteiger partial charge in [-0.05, 0) is 68.0 Å². The molecule has 0 saturated heterocycles. The van der Waals surface area contributed by atoms with Crippen LogP contribution in [0, 0.1) is 6.92 Å². The minimum absolute atomic E-state index is 0.106. The van der Waals surface area contributed by atoms with Gasteiger partial charge in [0.15, 0.2) is 0 Å². The van der Waals surface area contributed by atoms with Crippen molar-refractivity contribution in [3.05, 3.63) is 126 Å². The normalized spacial score (nSPS) is 10.9. The number of hydrogen-bond donors (Lipinski definition) is 3. The van der Waals surface area contributed by atoms with Crippen LogP contribution in [-0.2, 0) is 9.59 Å². The Labute approximate surface area is 244 Å². The average Bonchev–Trinajstić information content (AvgIpc) is 2.97. The maximum Gasteiger partial charge on any atom is 0.272 e. The van der Waals surface area contributed by atoms with Crippen molar-refractivity contribution in [2.75, 3.05) is 23.0 Å². The first-order valence-corrected chi connectivity index (χ1v) is 14.1. The average molecular weight is 566 g/mol. The summed E-state index contributed by atoms with van der Waals surface area (Å²) in [6.07, 6.45) is 1.65. The second-order valence-corrected chi connectivity index (χ2v) is 10.1. The zero-order valence-corrected chi connectivity index (χ0v) is 23.7. The van der Waals surface area contributed by atoms with E-state index in [1.807, 2.05) is 68.4 Å². The maximum atomic E-state index is 13.4. The van der Waals surface area contributed by atoms with Crippen molar-refractivity contribution >= 4 is 46.9 Å². The molecule has 0 saturated carbocycles. The number of ether oxygens (including phenoxy) is 1. The zero-order valence-electron chi connectivity index (χ0n) is 22.8. The van der Waals surface area contributed by atoms with E-state index in [0.29, 0.717) is 29.3 Å². The summed E-state index contributed by atoms with van der Waals surface area (Å²) < 4.78 is 5.57. The SMILES string of the molecule is CCOc1ccccc1NC(=O)CSc1cccc(NC(=O)/C(=C\c2cccc(C)c2)NC(=O)c2ccccc2)c1. The molecule has 0 bridgehead atoms. The van der Waals surface area contributed by atoms with Gasteiger partial charge in [-0.2, -0.15) is 0 Å². The minimum Gasteiger partial charge on any atom is -0.492 e. The Balaban J connectivity index is 1.44. The van der Waals surface area contributed by atoms with Crippen LogP contribution in [0.3, 0.4) is 0 Å². The van der Waals surface area contributed by atoms with E-state index >= 15 is 0 Å². The van der Waals surface area contributed by atoms with Crippen molar-refractivity contribution in [3.8, 4) is 5.75 Å². The van der Waals surface area contributed by atoms with Gasteiger partial charge >= 0.3 is 0 Å². The lowest BCUT2D eigenvalue weighted by molar-refractivity contribution is -0.114. The van der Waals surface area contributed by atoms with Crippen molar-refractivity contribution in [1.29, 1.82) is 0 Å². The standard InChI is InChI=1S/C33H31N3O4S/c1-3-40-30-18-8-7-17-28(30)35-31(37)22-41-27-16-10-15-26(21-27)34-33(39)29(20-24-12-9-11-23(2)19-24)36-32(38)25-13-5-4-6-14-25/h4-21H,3,22H2,1-2H3,(H,34,39)(H,35,37)(H,36,38)/b29-20+. The van der Waals surface area contributed by atoms with E-state index in [4.69, 9.17) is 4.74 Å². The number of nitrogens with one attached hydrogen (secondary N) is 3. The molecule has 0 atom stereocenters. The number of thioether (sulfide) groups is 1. The van der Waals surface area contributed by atoms with E-state index in [0.717, 1.165) is 16.0 Å². The highest BCUT2D eigenvalue weighted by atomic mass is 32.2. The quantitative estimate of drug-likeness (QED) is 0.142. The number of hydrogen-bond acceptors (Lipinski definition) is 5. The third-order valence-electron chi connectivity index (χ3n) is 5.80. The molecule has 3 N–H and O–H groups in total. The van der Waals surface area contributed by atoms with Gasteiger partial charge in [0, 0.05) is 16.1 Å². The lowest BCUT2D eigenvalue weighted by Gasteiger charge is -2.13. The van der Waals surface area contributed by atoms with E-state index in [9.17, 15) is 14.4 Å². The molecule has 41 heavy (non-hydrogen) atoms. The summed E-state index contributed by atoms with van der Waals surface area (Å²) in [7, 11) is 0. The highest BCUT2D eigenvalue weighted by molar-refractivity contribution is 8.00. The number of aryl methyl sites for hydroxylation is 1. The number of benzene rings is 4. The van der Waals surface area contributed by atoms with Crippen molar-refractivity contribution in [1.82, 2.24) is 5.32 Å². The lowest BCUT2D eigenvalue weighted by atomic mass is 10.1. The summed E-state index contributed by atoms with van der Waals surface area (Å²) >= 11 is 1.34. The predicted molar refractivity (Wildman–Crippen MR) is 165 cm³/mol. The zero-order chi connectivity index (χ0) is 29.0. The topological polar surface area (TPSA) is 96.5 Å². The molecule has 7 nitrogen and oxygen atoms in total. The van der Waals surface area contributed by atoms with Crippen LogP contribution in [-0.4, -0.2) is 30.1 Å². The van der Waals surface area contributed by atoms with Crippen molar-refractivity contribution in [3.63, 3.8) is 0 Å². The number of amides is 3. The summed E-state index contributed by atoms with van der Waals surface area (Å²) in [6.45, 7) is 4.34. The van der Waals surface area contributed by atoms with E-state index in [1.54, 1.807) is 54.6 Å². The van der Waals surface area contributed by atoms with Gasteiger partial charge < -0.3 is 20.7 Å². The highest BCUT2D eigenvalue weighted by Gasteiger charge is 2.16. The van der Waals surface area contributed by atoms with Crippen molar-refractivity contribution in [2.24, 2.45) is 0 Å². The summed E-state index contributed by atoms with van der Waals surface area (Å²) in [5, 5.41) is 8.51. The van der Waals surface area contributed by atoms with Gasteiger partial charge in [-0.1, -0.05) is 66.2 Å². The molecule has 4 aromatic carbocycles. The molecule has 0 spiro atoms. The minimum atomic E-state index is -0.469. The van der Waals surface area contributed by atoms with Gasteiger partial charge in [0.1, 0.15) is 11.4 Å². The molecule has 208 valence electrons. The van der Waals surface area contributed by atoms with Gasteiger partial charge in [-0.15, -0.1) is 11.8 Å². The lowest BCUT2D eigenvalue weighted by Crippen LogP contribution is -2.30. The molecule has 0 aromatic heterocycles. The first-order valence-electron chi connectivity index (χ1n) is 13.1. The second-order valence-electron chi connectivity index (χ2n) is 9.04. The molecule has 0 aliphatic heterocycles. The van der Waals surface area contributed by atoms with Crippen LogP contribution in [0.4, 0.5) is 11.4 Å². The van der Waals surface area contributed by atoms with Crippen LogP contribution in [0.25, 0.3) is 6.08 Å². The largest absolute Gasteiger partial charge is 0.492 e. The van der Waals surface area contributed by atoms with Crippen molar-refractivity contribution in [2.45, 2.75) is 18.7 Å². The Kier molecular flexibility index (Phi) is 10.3. The van der Waals surface area contributed by atoms with Crippen LogP contribution in [0.1, 0.15) is 28.4 Å². The van der Waals surface area contributed by atoms with E-state index in [1.165, 1.54) is 11.8 Å². The summed E-state index contributed by atoms with van der Waals surface area (Å²) in [6, 6.07) is 30.8. The molecule has 4 rings (SSSR count). The fourth-order valence-corrected chi connectivity index (χ4v) is 4.67. The Morgan fingerprint density at radius 2 is 1.59 bits per heavy atom. The number of carbonyl (C=O) groups excluding carboxylic acids is 3. The summed E-state index contributed by atoms with van der Waals surface area (Å²) in [5.74, 6) is -0.247. The van der Waals surface area contributed by atoms with Gasteiger partial charge in [0.25, 0.3) is 11.8 Å². The Morgan fingerprint density at radius 1 is 0.829 bits per heavy atom. The smallest absolute Gasteiger partial charge is 0.272 e. The first kappa shape index (κ1) is 29.2. The number of rotatable bonds is 11. The highest BCUT2D eigenvalue weighted by Crippen LogP contribution is 2.26. The number of para-hydroxylation sites is 2. The van der Waals surface area contributed by atoms with Crippen LogP contribution in [0.2, 0.25) is 0 Å². The molecule has 4 aromatic rings. The van der Waals surface area contributed by atoms with E-state index in [2.05, 4.69) is 16.0 Å². The molecule has 0 aliphatic rings. The Bertz CT molecular complexity index is 1550. The van der Waals surface area contributed by atoms with Crippen LogP contribution in [0.15, 0.2) is 114 Å². The summed E-state index contributed by atoms with van der Waals surface area (Å²) in [5.41, 5.74) is 3.51. The third kappa shape index (κ3) is 8.84. The summed E-state index contributed by atoms with van der Waals surface area (Å²) in [4.78, 5) is 39.6. The molecule has 0 aliphatic carbocycles. The monoisotopic (exact) mass is 565 g/mol. The van der Waals surface area contributed by atoms with Crippen molar-refractivity contribution < 1.29 is 19.1 Å². The molecule has 0 radical (unpaired) electrons. The second kappa shape index (κ2) is 14.5. The van der Waals surface area contributed by atoms with Gasteiger partial charge in [0.2, 0.25) is 5.91 Å². The molecular formula is C33H31N3O4S. The Hall–Kier alpha value is -4.82. The van der Waals surface area contributed by atoms with Gasteiger partial charge in [0.05, 0.1) is 18.0 Å². The van der Waals surface area contributed by atoms with Crippen LogP contribution in [0.5, 0.6) is 5.75 Å². The molecule has 3 amide bonds. The van der Waals surface area contributed by atoms with Gasteiger partial charge in [-0.25, -0.2) is 0 Å². The van der Waals surface area contributed by atoms with E-state index in [-0.39, 0.29) is 23.3 Å². The number of carbonyl (C=O) groups is 3. The molecule has 8 heteroatoms. The fraction of sp³-hybridized carbons (Fsp3) is 0.121. The Morgan fingerprint density at radius 3 is 2.37 bits per heavy atom. The van der Waals surface area contributed by atoms with Crippen LogP contribution >= 0.6 is 11.8 Å². The van der Waals surface area contributed by atoms with Gasteiger partial charge in [-0.3, -0.25) is 14.4 Å². The third-order valence-corrected chi connectivity index (χ3v) is 6.80. The molecule has 0 fully saturated rings. The van der Waals surface area contributed by atoms with Crippen LogP contribution < -0.4 is 20.7 Å². The number of anilines is 2. The molecular weight excluding hydrogens is 534 g/mol. The molecule has 0 heterocycles. The van der Waals surface area contributed by atoms with E-state index < -0.39 is 5.91 Å². The maximum absolute atomic E-state index is 13.4. The molecule has 0 unspecified atom stereocenters. The predicted octanol–water partition coefficient (Wildman–Crippen LogP) is 6.53. The fourth-order valence-electron chi connectivity index (χ4n) is 3.92. The first-order chi connectivity index (χ1) is 19.9.